The molecule has 0 bridgehead atoms. The number of amides is 1. The van der Waals surface area contributed by atoms with Gasteiger partial charge in [0.15, 0.2) is 0 Å². The molecule has 38 heavy (non-hydrogen) atoms. The van der Waals surface area contributed by atoms with Crippen molar-refractivity contribution in [3.8, 4) is 5.75 Å². The molecule has 0 aromatic heterocycles. The smallest absolute Gasteiger partial charge is 0.251 e. The first kappa shape index (κ1) is 28.5. The number of carbonyl (C=O) groups is 1. The maximum Gasteiger partial charge on any atom is 0.251 e. The van der Waals surface area contributed by atoms with E-state index >= 15 is 0 Å². The summed E-state index contributed by atoms with van der Waals surface area (Å²) in [5, 5.41) is 14.3. The Balaban J connectivity index is 1.40. The van der Waals surface area contributed by atoms with E-state index in [9.17, 15) is 9.90 Å². The molecule has 1 fully saturated rings. The van der Waals surface area contributed by atoms with E-state index in [1.807, 2.05) is 69.3 Å². The molecule has 202 valence electrons. The van der Waals surface area contributed by atoms with Crippen molar-refractivity contribution >= 4 is 29.3 Å². The third-order valence-corrected chi connectivity index (χ3v) is 7.89. The number of rotatable bonds is 10. The molecule has 4 rings (SSSR count). The van der Waals surface area contributed by atoms with Gasteiger partial charge in [0.1, 0.15) is 5.75 Å². The van der Waals surface area contributed by atoms with E-state index in [0.29, 0.717) is 42.2 Å². The largest absolute Gasteiger partial charge is 0.494 e. The lowest BCUT2D eigenvalue weighted by Crippen LogP contribution is -2.33. The lowest BCUT2D eigenvalue weighted by molar-refractivity contribution is -0.0875. The number of thioether (sulfide) groups is 1. The maximum atomic E-state index is 12.4. The number of benzene rings is 3. The fourth-order valence-electron chi connectivity index (χ4n) is 4.59. The Kier molecular flexibility index (Phi) is 10.1. The van der Waals surface area contributed by atoms with Crippen LogP contribution in [0.1, 0.15) is 66.8 Å². The van der Waals surface area contributed by atoms with Crippen LogP contribution in [0, 0.1) is 0 Å². The summed E-state index contributed by atoms with van der Waals surface area (Å²) in [6.45, 7) is 6.51. The molecule has 1 heterocycles. The van der Waals surface area contributed by atoms with E-state index < -0.39 is 6.10 Å². The number of hydrogen-bond donors (Lipinski definition) is 2. The SMILES string of the molecule is CCOc1ccc(Cc2cc(C3C[C@@H](O)CC(CSc4cccc(C(=O)NC(C)C)c4)O3)ccc2Cl)cc1. The summed E-state index contributed by atoms with van der Waals surface area (Å²) in [6.07, 6.45) is 1.09. The average Bonchev–Trinajstić information content (AvgIpc) is 2.89. The number of aliphatic hydroxyl groups is 1. The van der Waals surface area contributed by atoms with E-state index in [0.717, 1.165) is 27.3 Å². The van der Waals surface area contributed by atoms with Gasteiger partial charge in [-0.2, -0.15) is 0 Å². The van der Waals surface area contributed by atoms with Crippen molar-refractivity contribution in [1.82, 2.24) is 5.32 Å². The molecule has 0 spiro atoms. The Labute approximate surface area is 234 Å². The number of carbonyl (C=O) groups excluding carboxylic acids is 1. The van der Waals surface area contributed by atoms with Crippen LogP contribution in [0.3, 0.4) is 0 Å². The molecule has 1 aliphatic heterocycles. The first-order chi connectivity index (χ1) is 18.3. The molecular weight excluding hydrogens is 518 g/mol. The van der Waals surface area contributed by atoms with Crippen LogP contribution in [0.5, 0.6) is 5.75 Å². The van der Waals surface area contributed by atoms with Gasteiger partial charge in [-0.3, -0.25) is 4.79 Å². The minimum absolute atomic E-state index is 0.0735. The second-order valence-electron chi connectivity index (χ2n) is 9.94. The zero-order valence-electron chi connectivity index (χ0n) is 22.2. The zero-order valence-corrected chi connectivity index (χ0v) is 23.7. The van der Waals surface area contributed by atoms with E-state index in [1.54, 1.807) is 11.8 Å². The summed E-state index contributed by atoms with van der Waals surface area (Å²) >= 11 is 8.20. The number of nitrogens with one attached hydrogen (secondary N) is 1. The molecule has 1 saturated heterocycles. The number of hydrogen-bond acceptors (Lipinski definition) is 5. The summed E-state index contributed by atoms with van der Waals surface area (Å²) in [7, 11) is 0. The van der Waals surface area contributed by atoms with Gasteiger partial charge in [0.2, 0.25) is 0 Å². The predicted molar refractivity (Wildman–Crippen MR) is 154 cm³/mol. The zero-order chi connectivity index (χ0) is 27.1. The van der Waals surface area contributed by atoms with Crippen LogP contribution in [0.15, 0.2) is 71.6 Å². The molecule has 3 aromatic carbocycles. The lowest BCUT2D eigenvalue weighted by atomic mass is 9.94. The van der Waals surface area contributed by atoms with Crippen LogP contribution in [-0.4, -0.2) is 41.6 Å². The van der Waals surface area contributed by atoms with Gasteiger partial charge in [-0.1, -0.05) is 41.9 Å². The second kappa shape index (κ2) is 13.5. The van der Waals surface area contributed by atoms with E-state index in [-0.39, 0.29) is 24.2 Å². The van der Waals surface area contributed by atoms with Gasteiger partial charge in [0.25, 0.3) is 5.91 Å². The van der Waals surface area contributed by atoms with Crippen LogP contribution in [-0.2, 0) is 11.2 Å². The average molecular weight is 554 g/mol. The number of ether oxygens (including phenoxy) is 2. The highest BCUT2D eigenvalue weighted by Crippen LogP contribution is 2.36. The highest BCUT2D eigenvalue weighted by Gasteiger charge is 2.30. The Morgan fingerprint density at radius 3 is 2.66 bits per heavy atom. The van der Waals surface area contributed by atoms with E-state index in [4.69, 9.17) is 21.1 Å². The summed E-state index contributed by atoms with van der Waals surface area (Å²) in [6, 6.07) is 21.8. The summed E-state index contributed by atoms with van der Waals surface area (Å²) in [5.74, 6) is 1.47. The van der Waals surface area contributed by atoms with Crippen molar-refractivity contribution in [3.05, 3.63) is 94.0 Å². The molecular formula is C31H36ClNO4S. The Morgan fingerprint density at radius 1 is 1.13 bits per heavy atom. The molecule has 1 aliphatic rings. The van der Waals surface area contributed by atoms with Gasteiger partial charge in [0.05, 0.1) is 24.9 Å². The van der Waals surface area contributed by atoms with E-state index in [1.165, 1.54) is 0 Å². The second-order valence-corrected chi connectivity index (χ2v) is 11.4. The molecule has 5 nitrogen and oxygen atoms in total. The minimum Gasteiger partial charge on any atom is -0.494 e. The van der Waals surface area contributed by atoms with Crippen LogP contribution in [0.2, 0.25) is 5.02 Å². The third kappa shape index (κ3) is 8.00. The van der Waals surface area contributed by atoms with Crippen LogP contribution in [0.4, 0.5) is 0 Å². The van der Waals surface area contributed by atoms with Gasteiger partial charge >= 0.3 is 0 Å². The van der Waals surface area contributed by atoms with Crippen molar-refractivity contribution in [2.24, 2.45) is 0 Å². The molecule has 3 aromatic rings. The summed E-state index contributed by atoms with van der Waals surface area (Å²) in [5.41, 5.74) is 3.85. The van der Waals surface area contributed by atoms with Crippen LogP contribution >= 0.6 is 23.4 Å². The Bertz CT molecular complexity index is 1220. The van der Waals surface area contributed by atoms with Gasteiger partial charge in [0, 0.05) is 40.1 Å². The lowest BCUT2D eigenvalue weighted by Gasteiger charge is -2.33. The van der Waals surface area contributed by atoms with Gasteiger partial charge in [-0.15, -0.1) is 11.8 Å². The molecule has 0 saturated carbocycles. The topological polar surface area (TPSA) is 67.8 Å². The van der Waals surface area contributed by atoms with Crippen molar-refractivity contribution in [1.29, 1.82) is 0 Å². The molecule has 0 radical (unpaired) electrons. The summed E-state index contributed by atoms with van der Waals surface area (Å²) in [4.78, 5) is 13.4. The van der Waals surface area contributed by atoms with Crippen molar-refractivity contribution in [2.45, 2.75) is 69.3 Å². The van der Waals surface area contributed by atoms with Crippen molar-refractivity contribution in [2.75, 3.05) is 12.4 Å². The van der Waals surface area contributed by atoms with Gasteiger partial charge < -0.3 is 19.9 Å². The number of aliphatic hydroxyl groups excluding tert-OH is 1. The van der Waals surface area contributed by atoms with E-state index in [2.05, 4.69) is 23.5 Å². The maximum absolute atomic E-state index is 12.4. The minimum atomic E-state index is -0.437. The molecule has 3 atom stereocenters. The monoisotopic (exact) mass is 553 g/mol. The first-order valence-corrected chi connectivity index (χ1v) is 14.5. The quantitative estimate of drug-likeness (QED) is 0.269. The fraction of sp³-hybridized carbons (Fsp3) is 0.387. The summed E-state index contributed by atoms with van der Waals surface area (Å²) < 4.78 is 12.0. The Morgan fingerprint density at radius 2 is 1.92 bits per heavy atom. The molecule has 2 N–H and O–H groups in total. The first-order valence-electron chi connectivity index (χ1n) is 13.2. The van der Waals surface area contributed by atoms with Crippen molar-refractivity contribution < 1.29 is 19.4 Å². The Hall–Kier alpha value is -2.51. The molecule has 2 unspecified atom stereocenters. The fourth-order valence-corrected chi connectivity index (χ4v) is 5.76. The normalized spacial score (nSPS) is 19.4. The molecule has 7 heteroatoms. The van der Waals surface area contributed by atoms with Gasteiger partial charge in [-0.25, -0.2) is 0 Å². The third-order valence-electron chi connectivity index (χ3n) is 6.40. The molecule has 1 amide bonds. The standard InChI is InChI=1S/C31H36ClNO4S/c1-4-36-26-11-8-21(9-12-26)14-24-15-22(10-13-29(24)32)30-18-25(34)17-27(37-30)19-38-28-7-5-6-23(16-28)31(35)33-20(2)3/h5-13,15-16,20,25,27,30,34H,4,14,17-19H2,1-3H3,(H,33,35)/t25-,27?,30?/m0/s1. The predicted octanol–water partition coefficient (Wildman–Crippen LogP) is 6.84. The highest BCUT2D eigenvalue weighted by molar-refractivity contribution is 7.99. The highest BCUT2D eigenvalue weighted by atomic mass is 35.5. The van der Waals surface area contributed by atoms with Crippen LogP contribution in [0.25, 0.3) is 0 Å². The van der Waals surface area contributed by atoms with Crippen LogP contribution < -0.4 is 10.1 Å². The molecule has 0 aliphatic carbocycles. The van der Waals surface area contributed by atoms with Gasteiger partial charge in [-0.05, 0) is 80.3 Å². The number of halogens is 1. The van der Waals surface area contributed by atoms with Crippen molar-refractivity contribution in [3.63, 3.8) is 0 Å².